The first-order valence-corrected chi connectivity index (χ1v) is 35.0. The number of nitrogens with one attached hydrogen (secondary N) is 4. The number of halogens is 1. The topological polar surface area (TPSA) is 174 Å². The molecular formula is C91H58ClN13Zn. The van der Waals surface area contributed by atoms with Gasteiger partial charge in [-0.2, -0.15) is 15.0 Å². The van der Waals surface area contributed by atoms with Crippen LogP contribution < -0.4 is 20.6 Å². The van der Waals surface area contributed by atoms with E-state index in [1.165, 1.54) is 0 Å². The minimum absolute atomic E-state index is 0. The van der Waals surface area contributed by atoms with Gasteiger partial charge in [0.25, 0.3) is 0 Å². The van der Waals surface area contributed by atoms with Crippen LogP contribution in [0.1, 0.15) is 45.6 Å². The van der Waals surface area contributed by atoms with Crippen LogP contribution in [0.5, 0.6) is 0 Å². The van der Waals surface area contributed by atoms with Crippen LogP contribution in [0.2, 0.25) is 5.28 Å². The van der Waals surface area contributed by atoms with E-state index in [0.29, 0.717) is 5.69 Å². The monoisotopic (exact) mass is 1430 g/mol. The van der Waals surface area contributed by atoms with Crippen molar-refractivity contribution >= 4 is 128 Å². The van der Waals surface area contributed by atoms with Crippen LogP contribution in [0.4, 0.5) is 23.3 Å². The normalized spacial score (nSPS) is 12.0. The zero-order chi connectivity index (χ0) is 69.7. The third-order valence-corrected chi connectivity index (χ3v) is 19.4. The van der Waals surface area contributed by atoms with E-state index in [0.717, 1.165) is 184 Å². The molecule has 106 heavy (non-hydrogen) atoms. The van der Waals surface area contributed by atoms with Gasteiger partial charge in [-0.25, -0.2) is 19.9 Å². The molecule has 11 heterocycles. The molecule has 0 saturated heterocycles. The summed E-state index contributed by atoms with van der Waals surface area (Å²) >= 11 is 6.76. The van der Waals surface area contributed by atoms with Crippen LogP contribution in [0.15, 0.2) is 279 Å². The maximum Gasteiger partial charge on any atom is 2.00 e. The summed E-state index contributed by atoms with van der Waals surface area (Å²) in [5.41, 5.74) is 30.0. The van der Waals surface area contributed by atoms with Crippen molar-refractivity contribution in [2.75, 3.05) is 10.6 Å². The molecule has 4 aliphatic heterocycles. The zero-order valence-electron chi connectivity index (χ0n) is 56.8. The van der Waals surface area contributed by atoms with Crippen LogP contribution >= 0.6 is 11.6 Å². The van der Waals surface area contributed by atoms with Gasteiger partial charge < -0.3 is 30.6 Å². The van der Waals surface area contributed by atoms with Gasteiger partial charge in [0.15, 0.2) is 0 Å². The Labute approximate surface area is 627 Å². The van der Waals surface area contributed by atoms with Crippen molar-refractivity contribution in [1.29, 1.82) is 0 Å². The second kappa shape index (κ2) is 27.7. The first kappa shape index (κ1) is 64.6. The number of aromatic amines is 2. The van der Waals surface area contributed by atoms with Crippen LogP contribution in [-0.2, 0) is 19.5 Å². The maximum absolute atomic E-state index is 6.76. The fraction of sp³-hybridized carbons (Fsp3) is 0. The molecule has 4 N–H and O–H groups in total. The molecule has 13 nitrogen and oxygen atoms in total. The molecule has 0 amide bonds. The predicted octanol–water partition coefficient (Wildman–Crippen LogP) is 22.5. The molecule has 0 radical (unpaired) electrons. The summed E-state index contributed by atoms with van der Waals surface area (Å²) < 4.78 is 0. The number of fused-ring (bicyclic) bond motifs is 16. The molecule has 0 fully saturated rings. The summed E-state index contributed by atoms with van der Waals surface area (Å²) in [7, 11) is 0. The minimum atomic E-state index is 0. The Kier molecular flexibility index (Phi) is 16.9. The van der Waals surface area contributed by atoms with Crippen molar-refractivity contribution in [3.63, 3.8) is 0 Å². The van der Waals surface area contributed by atoms with E-state index in [1.54, 1.807) is 0 Å². The van der Waals surface area contributed by atoms with E-state index in [2.05, 4.69) is 273 Å². The fourth-order valence-corrected chi connectivity index (χ4v) is 14.6. The SMILES string of the molecule is Clc1nc(Nc2ccc(-c3c4nc(c(-c5ccccc5)c5ccc([n-]5)c(-c5ccccc5)c5nc(c(-c6ccccc6)c6ccc3[n-]6)C=C5)C=C4)cc2)nc(Nc2ccc(-c3c4nc(c(-c5ccccc5)c5ccc([nH]5)c(-c5ccccc5)c5nc(c(-c6ccccc6)c6ccc3[nH]6)C=C5)C=C4)cc2)n1.[Zn+2]. The summed E-state index contributed by atoms with van der Waals surface area (Å²) in [4.78, 5) is 54.4. The van der Waals surface area contributed by atoms with Crippen molar-refractivity contribution in [2.24, 2.45) is 0 Å². The van der Waals surface area contributed by atoms with Crippen molar-refractivity contribution in [3.05, 3.63) is 330 Å². The second-order valence-electron chi connectivity index (χ2n) is 25.7. The molecular weight excluding hydrogens is 1380 g/mol. The van der Waals surface area contributed by atoms with Gasteiger partial charge in [-0.3, -0.25) is 0 Å². The number of hydrogen-bond acceptors (Lipinski definition) is 9. The maximum atomic E-state index is 6.76. The Morgan fingerprint density at radius 3 is 0.698 bits per heavy atom. The van der Waals surface area contributed by atoms with Crippen LogP contribution in [0, 0.1) is 0 Å². The van der Waals surface area contributed by atoms with Crippen molar-refractivity contribution in [1.82, 2.24) is 54.8 Å². The van der Waals surface area contributed by atoms with Gasteiger partial charge in [-0.05, 0) is 176 Å². The van der Waals surface area contributed by atoms with Crippen molar-refractivity contribution in [2.45, 2.75) is 0 Å². The third-order valence-electron chi connectivity index (χ3n) is 19.2. The van der Waals surface area contributed by atoms with Crippen molar-refractivity contribution in [3.8, 4) is 89.0 Å². The van der Waals surface area contributed by atoms with Gasteiger partial charge in [-0.15, -0.1) is 22.1 Å². The molecule has 7 aromatic heterocycles. The molecule has 0 unspecified atom stereocenters. The Hall–Kier alpha value is -13.5. The molecule has 0 aliphatic carbocycles. The first-order chi connectivity index (χ1) is 51.9. The van der Waals surface area contributed by atoms with Gasteiger partial charge in [0.05, 0.1) is 45.6 Å². The van der Waals surface area contributed by atoms with Crippen LogP contribution in [0.25, 0.3) is 182 Å². The average Bonchev–Trinajstić information content (AvgIpc) is 1.62. The van der Waals surface area contributed by atoms with E-state index in [-0.39, 0.29) is 36.7 Å². The van der Waals surface area contributed by atoms with Gasteiger partial charge in [-0.1, -0.05) is 231 Å². The standard InChI is InChI=1S/C91H58ClN13.Zn/c92-89-103-90(93-63-35-31-61(32-36-63)87-77-51-47-73(99-77)83(57-23-11-3-12-24-57)69-43-39-65(95-69)81(55-19-7-1-8-20-55)66-40-44-70(96-66)84(58-25-13-4-14-26-58)74-48-52-78(87)100-74)105-91(104-89)94-64-37-33-62(34-38-64)88-79-53-49-75(101-79)85(59-27-15-5-16-28-59)71-45-41-67(97-71)82(56-21-9-2-10-22-56)68-42-46-72(98-68)86(60-29-17-6-18-30-60)76-50-54-80(88)102-76;/h1-54,95,100H,(H2,93,94,103,104,105);/q-2;+2. The summed E-state index contributed by atoms with van der Waals surface area (Å²) in [5.74, 6) is 0.499. The summed E-state index contributed by atoms with van der Waals surface area (Å²) in [5, 5.41) is 6.82. The molecule has 15 heteroatoms. The smallest absolute Gasteiger partial charge is 0.657 e. The largest absolute Gasteiger partial charge is 2.00 e. The molecule has 0 spiro atoms. The minimum Gasteiger partial charge on any atom is -0.657 e. The Balaban J connectivity index is 0.00000796. The molecule has 496 valence electrons. The molecule has 15 aromatic rings. The van der Waals surface area contributed by atoms with Gasteiger partial charge >= 0.3 is 19.5 Å². The van der Waals surface area contributed by atoms with E-state index >= 15 is 0 Å². The summed E-state index contributed by atoms with van der Waals surface area (Å²) in [6, 6.07) is 95.5. The first-order valence-electron chi connectivity index (χ1n) is 34.6. The zero-order valence-corrected chi connectivity index (χ0v) is 60.5. The van der Waals surface area contributed by atoms with Gasteiger partial charge in [0.2, 0.25) is 17.2 Å². The molecule has 0 atom stereocenters. The number of benzene rings is 8. The molecule has 16 bridgehead atoms. The summed E-state index contributed by atoms with van der Waals surface area (Å²) in [6.07, 6.45) is 16.8. The van der Waals surface area contributed by atoms with E-state index < -0.39 is 0 Å². The Bertz CT molecular complexity index is 5960. The van der Waals surface area contributed by atoms with Crippen LogP contribution in [0.3, 0.4) is 0 Å². The number of nitrogens with zero attached hydrogens (tertiary/aromatic N) is 9. The molecule has 8 aromatic carbocycles. The average molecular weight is 1430 g/mol. The number of hydrogen-bond donors (Lipinski definition) is 4. The Morgan fingerprint density at radius 2 is 0.443 bits per heavy atom. The van der Waals surface area contributed by atoms with Crippen molar-refractivity contribution < 1.29 is 19.5 Å². The van der Waals surface area contributed by atoms with E-state index in [4.69, 9.17) is 46.5 Å². The Morgan fingerprint density at radius 1 is 0.226 bits per heavy atom. The second-order valence-corrected chi connectivity index (χ2v) is 26.1. The number of rotatable bonds is 12. The summed E-state index contributed by atoms with van der Waals surface area (Å²) in [6.45, 7) is 0. The third kappa shape index (κ3) is 12.3. The number of anilines is 4. The number of H-pyrrole nitrogens is 2. The van der Waals surface area contributed by atoms with E-state index in [1.807, 2.05) is 84.9 Å². The molecule has 0 saturated carbocycles. The van der Waals surface area contributed by atoms with Crippen LogP contribution in [-0.4, -0.2) is 44.9 Å². The van der Waals surface area contributed by atoms with E-state index in [9.17, 15) is 0 Å². The number of aromatic nitrogens is 11. The fourth-order valence-electron chi connectivity index (χ4n) is 14.5. The molecule has 19 rings (SSSR count). The predicted molar refractivity (Wildman–Crippen MR) is 431 cm³/mol. The quantitative estimate of drug-likeness (QED) is 0.0857. The van der Waals surface area contributed by atoms with Gasteiger partial charge in [0.1, 0.15) is 0 Å². The molecule has 4 aliphatic rings. The van der Waals surface area contributed by atoms with Gasteiger partial charge in [0, 0.05) is 55.7 Å².